The minimum absolute atomic E-state index is 0.0281. The summed E-state index contributed by atoms with van der Waals surface area (Å²) in [4.78, 5) is 23.0. The molecule has 0 amide bonds. The Morgan fingerprint density at radius 2 is 1.91 bits per heavy atom. The van der Waals surface area contributed by atoms with Crippen LogP contribution in [0.4, 0.5) is 24.9 Å². The Morgan fingerprint density at radius 1 is 1.16 bits per heavy atom. The number of nitrogens with zero attached hydrogens (tertiary/aromatic N) is 5. The second kappa shape index (κ2) is 12.1. The topological polar surface area (TPSA) is 120 Å². The van der Waals surface area contributed by atoms with E-state index in [-0.39, 0.29) is 51.6 Å². The standard InChI is InChI=1S/C30H35ClF3N7O3/c1-18-8-11-41(39-18)23-14-19(31)6-7-21(23)26(30(32,33)34)44-25-15-24(37-28(35)38-25)40-12-9-29(10-13-40)16-22(36-17-29)27(42)43-20-4-2-3-5-20/h6-8,11,14-15,20,22,26,36H,2-5,9-10,12-13,16-17H2,1H3,(H2,35,37,38)/t22-,26+/m0/s1. The quantitative estimate of drug-likeness (QED) is 0.333. The number of esters is 1. The van der Waals surface area contributed by atoms with Crippen molar-refractivity contribution in [3.05, 3.63) is 52.8 Å². The monoisotopic (exact) mass is 633 g/mol. The van der Waals surface area contributed by atoms with Gasteiger partial charge in [0.1, 0.15) is 18.0 Å². The van der Waals surface area contributed by atoms with Crippen molar-refractivity contribution in [3.63, 3.8) is 0 Å². The van der Waals surface area contributed by atoms with Crippen LogP contribution in [-0.2, 0) is 9.53 Å². The molecule has 3 aliphatic rings. The molecule has 1 aromatic carbocycles. The van der Waals surface area contributed by atoms with Gasteiger partial charge in [0.15, 0.2) is 0 Å². The van der Waals surface area contributed by atoms with Crippen LogP contribution in [0, 0.1) is 12.3 Å². The molecule has 14 heteroatoms. The minimum Gasteiger partial charge on any atom is -0.461 e. The molecule has 1 saturated carbocycles. The zero-order valence-corrected chi connectivity index (χ0v) is 25.1. The minimum atomic E-state index is -4.80. The lowest BCUT2D eigenvalue weighted by Gasteiger charge is -2.39. The van der Waals surface area contributed by atoms with E-state index < -0.39 is 12.3 Å². The van der Waals surface area contributed by atoms with E-state index in [1.165, 1.54) is 28.9 Å². The first kappa shape index (κ1) is 30.4. The summed E-state index contributed by atoms with van der Waals surface area (Å²) in [5.74, 6) is -0.294. The van der Waals surface area contributed by atoms with Crippen LogP contribution in [0.5, 0.6) is 5.88 Å². The van der Waals surface area contributed by atoms with Crippen LogP contribution in [0.15, 0.2) is 36.5 Å². The second-order valence-corrected chi connectivity index (χ2v) is 12.5. The van der Waals surface area contributed by atoms with Crippen molar-refractivity contribution >= 4 is 29.3 Å². The maximum Gasteiger partial charge on any atom is 0.429 e. The number of carbonyl (C=O) groups excluding carboxylic acids is 1. The number of hydrogen-bond donors (Lipinski definition) is 2. The zero-order chi connectivity index (χ0) is 31.1. The zero-order valence-electron chi connectivity index (χ0n) is 24.3. The van der Waals surface area contributed by atoms with Crippen molar-refractivity contribution in [1.82, 2.24) is 25.1 Å². The Kier molecular flexibility index (Phi) is 8.35. The number of aryl methyl sites for hydroxylation is 1. The van der Waals surface area contributed by atoms with E-state index in [9.17, 15) is 18.0 Å². The van der Waals surface area contributed by atoms with Gasteiger partial charge in [-0.1, -0.05) is 17.7 Å². The Morgan fingerprint density at radius 3 is 2.59 bits per heavy atom. The van der Waals surface area contributed by atoms with E-state index in [4.69, 9.17) is 26.8 Å². The molecule has 236 valence electrons. The summed E-state index contributed by atoms with van der Waals surface area (Å²) in [5, 5.41) is 7.87. The van der Waals surface area contributed by atoms with Crippen LogP contribution in [0.1, 0.15) is 62.3 Å². The van der Waals surface area contributed by atoms with Crippen molar-refractivity contribution < 1.29 is 27.4 Å². The van der Waals surface area contributed by atoms with Gasteiger partial charge in [0.2, 0.25) is 17.9 Å². The van der Waals surface area contributed by atoms with Crippen LogP contribution in [0.25, 0.3) is 5.69 Å². The molecule has 0 radical (unpaired) electrons. The average Bonchev–Trinajstić information content (AvgIpc) is 3.74. The predicted octanol–water partition coefficient (Wildman–Crippen LogP) is 5.32. The summed E-state index contributed by atoms with van der Waals surface area (Å²) < 4.78 is 56.1. The Balaban J connectivity index is 1.17. The van der Waals surface area contributed by atoms with Gasteiger partial charge < -0.3 is 25.4 Å². The summed E-state index contributed by atoms with van der Waals surface area (Å²) in [6.07, 6.45) is 0.708. The summed E-state index contributed by atoms with van der Waals surface area (Å²) in [6.45, 7) is 3.62. The fourth-order valence-electron chi connectivity index (χ4n) is 6.49. The molecule has 3 fully saturated rings. The maximum absolute atomic E-state index is 14.5. The number of nitrogens with one attached hydrogen (secondary N) is 1. The summed E-state index contributed by atoms with van der Waals surface area (Å²) in [5.41, 5.74) is 6.48. The molecular formula is C30H35ClF3N7O3. The van der Waals surface area contributed by atoms with Crippen molar-refractivity contribution in [1.29, 1.82) is 0 Å². The van der Waals surface area contributed by atoms with Crippen LogP contribution < -0.4 is 20.7 Å². The normalized spacial score (nSPS) is 21.1. The molecule has 4 heterocycles. The number of alkyl halides is 3. The van der Waals surface area contributed by atoms with Crippen LogP contribution in [0.2, 0.25) is 5.02 Å². The molecule has 0 bridgehead atoms. The summed E-state index contributed by atoms with van der Waals surface area (Å²) in [7, 11) is 0. The van der Waals surface area contributed by atoms with Crippen molar-refractivity contribution in [2.45, 2.75) is 76.3 Å². The third-order valence-electron chi connectivity index (χ3n) is 8.86. The molecule has 2 aliphatic heterocycles. The van der Waals surface area contributed by atoms with Crippen molar-refractivity contribution in [2.24, 2.45) is 5.41 Å². The van der Waals surface area contributed by atoms with E-state index in [1.54, 1.807) is 19.2 Å². The molecule has 2 saturated heterocycles. The molecule has 1 aliphatic carbocycles. The summed E-state index contributed by atoms with van der Waals surface area (Å²) >= 11 is 6.15. The number of hydrogen-bond acceptors (Lipinski definition) is 9. The number of halogens is 4. The molecule has 0 unspecified atom stereocenters. The molecule has 10 nitrogen and oxygen atoms in total. The van der Waals surface area contributed by atoms with Gasteiger partial charge in [0, 0.05) is 42.5 Å². The Hall–Kier alpha value is -3.58. The van der Waals surface area contributed by atoms with Crippen LogP contribution >= 0.6 is 11.6 Å². The third-order valence-corrected chi connectivity index (χ3v) is 9.10. The molecule has 3 N–H and O–H groups in total. The maximum atomic E-state index is 14.5. The fourth-order valence-corrected chi connectivity index (χ4v) is 6.66. The highest BCUT2D eigenvalue weighted by molar-refractivity contribution is 6.30. The first-order valence-corrected chi connectivity index (χ1v) is 15.2. The van der Waals surface area contributed by atoms with Gasteiger partial charge in [0.25, 0.3) is 0 Å². The molecule has 44 heavy (non-hydrogen) atoms. The number of nitrogen functional groups attached to an aromatic ring is 1. The highest BCUT2D eigenvalue weighted by atomic mass is 35.5. The molecule has 2 atom stereocenters. The lowest BCUT2D eigenvalue weighted by Crippen LogP contribution is -2.41. The van der Waals surface area contributed by atoms with Crippen LogP contribution in [0.3, 0.4) is 0 Å². The number of ether oxygens (including phenoxy) is 2. The number of aromatic nitrogens is 4. The molecule has 1 spiro atoms. The highest BCUT2D eigenvalue weighted by Crippen LogP contribution is 2.43. The Labute approximate surface area is 258 Å². The van der Waals surface area contributed by atoms with E-state index in [1.807, 2.05) is 4.90 Å². The summed E-state index contributed by atoms with van der Waals surface area (Å²) in [6, 6.07) is 6.80. The highest BCUT2D eigenvalue weighted by Gasteiger charge is 2.46. The van der Waals surface area contributed by atoms with Gasteiger partial charge in [-0.3, -0.25) is 4.79 Å². The molecular weight excluding hydrogens is 599 g/mol. The molecule has 3 aromatic rings. The van der Waals surface area contributed by atoms with E-state index >= 15 is 0 Å². The van der Waals surface area contributed by atoms with Crippen LogP contribution in [-0.4, -0.2) is 63.7 Å². The number of nitrogens with two attached hydrogens (primary N) is 1. The second-order valence-electron chi connectivity index (χ2n) is 12.0. The molecule has 2 aromatic heterocycles. The predicted molar refractivity (Wildman–Crippen MR) is 158 cm³/mol. The fraction of sp³-hybridized carbons (Fsp3) is 0.533. The van der Waals surface area contributed by atoms with Gasteiger partial charge in [0.05, 0.1) is 11.4 Å². The van der Waals surface area contributed by atoms with Gasteiger partial charge in [-0.15, -0.1) is 0 Å². The average molecular weight is 634 g/mol. The van der Waals surface area contributed by atoms with Gasteiger partial charge in [-0.2, -0.15) is 28.2 Å². The number of anilines is 2. The lowest BCUT2D eigenvalue weighted by atomic mass is 9.76. The smallest absolute Gasteiger partial charge is 0.429 e. The first-order valence-electron chi connectivity index (χ1n) is 14.9. The van der Waals surface area contributed by atoms with Crippen molar-refractivity contribution in [2.75, 3.05) is 30.3 Å². The van der Waals surface area contributed by atoms with Gasteiger partial charge >= 0.3 is 12.1 Å². The van der Waals surface area contributed by atoms with Gasteiger partial charge in [-0.05, 0) is 75.5 Å². The van der Waals surface area contributed by atoms with E-state index in [0.29, 0.717) is 37.6 Å². The molecule has 6 rings (SSSR count). The lowest BCUT2D eigenvalue weighted by molar-refractivity contribution is -0.198. The number of benzene rings is 1. The van der Waals surface area contributed by atoms with E-state index in [2.05, 4.69) is 20.4 Å². The van der Waals surface area contributed by atoms with Gasteiger partial charge in [-0.25, -0.2) is 4.68 Å². The third kappa shape index (κ3) is 6.58. The van der Waals surface area contributed by atoms with E-state index in [0.717, 1.165) is 38.5 Å². The SMILES string of the molecule is Cc1ccn(-c2cc(Cl)ccc2[C@@H](Oc2cc(N3CCC4(CC3)CN[C@H](C(=O)OC3CCCC3)C4)nc(N)n2)C(F)(F)F)n1. The Bertz CT molecular complexity index is 1500. The largest absolute Gasteiger partial charge is 0.461 e. The number of carbonyl (C=O) groups is 1. The number of piperidine rings is 1. The first-order chi connectivity index (χ1) is 21.0. The number of rotatable bonds is 7. The van der Waals surface area contributed by atoms with Crippen molar-refractivity contribution in [3.8, 4) is 11.6 Å².